The van der Waals surface area contributed by atoms with Gasteiger partial charge in [-0.25, -0.2) is 4.98 Å². The van der Waals surface area contributed by atoms with Gasteiger partial charge in [0.2, 0.25) is 5.95 Å². The van der Waals surface area contributed by atoms with Gasteiger partial charge in [-0.1, -0.05) is 23.7 Å². The molecular formula is C16H16ClN7. The van der Waals surface area contributed by atoms with E-state index in [1.54, 1.807) is 25.4 Å². The number of anilines is 2. The number of benzene rings is 1. The molecule has 0 spiro atoms. The van der Waals surface area contributed by atoms with Gasteiger partial charge in [-0.2, -0.15) is 10.2 Å². The van der Waals surface area contributed by atoms with Gasteiger partial charge in [0, 0.05) is 26.0 Å². The zero-order chi connectivity index (χ0) is 17.4. The molecule has 1 heterocycles. The standard InChI is InChI=1S/C16H16ClN7/c1-20-9-13(7-19)23-16-22-10-14(17)15(24-16)21-8-12-4-2-3-11(5-12)6-18/h2-5,7,9-10,19-20H,8H2,1H3,(H2,21,22,23,24)/b13-9+,19-7?. The normalized spacial score (nSPS) is 10.6. The highest BCUT2D eigenvalue weighted by Crippen LogP contribution is 2.20. The van der Waals surface area contributed by atoms with E-state index in [1.165, 1.54) is 6.20 Å². The zero-order valence-electron chi connectivity index (χ0n) is 13.0. The van der Waals surface area contributed by atoms with Crippen LogP contribution in [-0.2, 0) is 6.54 Å². The van der Waals surface area contributed by atoms with Crippen molar-refractivity contribution < 1.29 is 0 Å². The molecule has 122 valence electrons. The Balaban J connectivity index is 2.12. The second-order valence-electron chi connectivity index (χ2n) is 4.71. The predicted octanol–water partition coefficient (Wildman–Crippen LogP) is 2.74. The topological polar surface area (TPSA) is 110 Å². The number of hydrogen-bond acceptors (Lipinski definition) is 7. The summed E-state index contributed by atoms with van der Waals surface area (Å²) in [6.45, 7) is 0.468. The number of nitrogens with zero attached hydrogens (tertiary/aromatic N) is 3. The van der Waals surface area contributed by atoms with Crippen molar-refractivity contribution in [1.29, 1.82) is 10.7 Å². The predicted molar refractivity (Wildman–Crippen MR) is 95.1 cm³/mol. The first-order valence-corrected chi connectivity index (χ1v) is 7.44. The third-order valence-corrected chi connectivity index (χ3v) is 3.25. The lowest BCUT2D eigenvalue weighted by Gasteiger charge is -2.10. The van der Waals surface area contributed by atoms with Crippen LogP contribution in [-0.4, -0.2) is 23.2 Å². The van der Waals surface area contributed by atoms with Crippen molar-refractivity contribution in [3.63, 3.8) is 0 Å². The number of aromatic nitrogens is 2. The third-order valence-electron chi connectivity index (χ3n) is 2.97. The first kappa shape index (κ1) is 17.2. The maximum atomic E-state index is 8.93. The van der Waals surface area contributed by atoms with E-state index in [2.05, 4.69) is 32.0 Å². The maximum absolute atomic E-state index is 8.93. The summed E-state index contributed by atoms with van der Waals surface area (Å²) in [4.78, 5) is 8.38. The molecule has 0 saturated heterocycles. The molecule has 0 atom stereocenters. The van der Waals surface area contributed by atoms with Crippen LogP contribution < -0.4 is 16.0 Å². The monoisotopic (exact) mass is 341 g/mol. The lowest BCUT2D eigenvalue weighted by molar-refractivity contribution is 1.06. The second kappa shape index (κ2) is 8.50. The average molecular weight is 342 g/mol. The van der Waals surface area contributed by atoms with E-state index in [0.29, 0.717) is 34.6 Å². The average Bonchev–Trinajstić information content (AvgIpc) is 2.61. The molecule has 0 fully saturated rings. The Bertz CT molecular complexity index is 795. The smallest absolute Gasteiger partial charge is 0.229 e. The summed E-state index contributed by atoms with van der Waals surface area (Å²) in [6, 6.07) is 9.38. The molecule has 0 saturated carbocycles. The Hall–Kier alpha value is -3.11. The summed E-state index contributed by atoms with van der Waals surface area (Å²) < 4.78 is 0. The van der Waals surface area contributed by atoms with Crippen molar-refractivity contribution in [3.8, 4) is 6.07 Å². The fourth-order valence-corrected chi connectivity index (χ4v) is 2.04. The van der Waals surface area contributed by atoms with E-state index in [1.807, 2.05) is 12.1 Å². The Morgan fingerprint density at radius 1 is 1.46 bits per heavy atom. The SMILES string of the molecule is CN/C=C(\C=N)Nc1ncc(Cl)c(NCc2cccc(C#N)c2)n1. The van der Waals surface area contributed by atoms with E-state index in [4.69, 9.17) is 22.3 Å². The maximum Gasteiger partial charge on any atom is 0.229 e. The van der Waals surface area contributed by atoms with Crippen LogP contribution in [0.4, 0.5) is 11.8 Å². The largest absolute Gasteiger partial charge is 0.392 e. The molecule has 0 aliphatic heterocycles. The van der Waals surface area contributed by atoms with E-state index in [0.717, 1.165) is 11.8 Å². The van der Waals surface area contributed by atoms with Crippen LogP contribution in [0.3, 0.4) is 0 Å². The summed E-state index contributed by atoms with van der Waals surface area (Å²) in [5, 5.41) is 25.5. The van der Waals surface area contributed by atoms with Crippen molar-refractivity contribution in [2.75, 3.05) is 17.7 Å². The van der Waals surface area contributed by atoms with E-state index in [9.17, 15) is 0 Å². The van der Waals surface area contributed by atoms with E-state index in [-0.39, 0.29) is 0 Å². The number of allylic oxidation sites excluding steroid dienone is 1. The van der Waals surface area contributed by atoms with Crippen molar-refractivity contribution in [2.45, 2.75) is 6.54 Å². The van der Waals surface area contributed by atoms with Gasteiger partial charge in [-0.3, -0.25) is 0 Å². The van der Waals surface area contributed by atoms with Gasteiger partial charge < -0.3 is 21.4 Å². The Labute approximate surface area is 144 Å². The molecule has 0 aliphatic carbocycles. The van der Waals surface area contributed by atoms with Gasteiger partial charge in [0.25, 0.3) is 0 Å². The fraction of sp³-hybridized carbons (Fsp3) is 0.125. The molecule has 0 radical (unpaired) electrons. The van der Waals surface area contributed by atoms with Gasteiger partial charge >= 0.3 is 0 Å². The Morgan fingerprint density at radius 2 is 2.29 bits per heavy atom. The van der Waals surface area contributed by atoms with Crippen LogP contribution in [0.1, 0.15) is 11.1 Å². The van der Waals surface area contributed by atoms with E-state index < -0.39 is 0 Å². The van der Waals surface area contributed by atoms with Crippen LogP contribution in [0.2, 0.25) is 5.02 Å². The molecule has 0 unspecified atom stereocenters. The lowest BCUT2D eigenvalue weighted by Crippen LogP contribution is -2.10. The molecule has 0 amide bonds. The van der Waals surface area contributed by atoms with Crippen LogP contribution >= 0.6 is 11.6 Å². The van der Waals surface area contributed by atoms with Crippen LogP contribution in [0, 0.1) is 16.7 Å². The molecule has 0 aliphatic rings. The molecule has 4 N–H and O–H groups in total. The number of hydrogen-bond donors (Lipinski definition) is 4. The number of rotatable bonds is 7. The first-order valence-electron chi connectivity index (χ1n) is 7.06. The molecule has 8 heteroatoms. The molecule has 7 nitrogen and oxygen atoms in total. The molecular weight excluding hydrogens is 326 g/mol. The van der Waals surface area contributed by atoms with Crippen molar-refractivity contribution in [3.05, 3.63) is 58.5 Å². The molecule has 1 aromatic carbocycles. The van der Waals surface area contributed by atoms with Crippen LogP contribution in [0.15, 0.2) is 42.4 Å². The fourth-order valence-electron chi connectivity index (χ4n) is 1.89. The molecule has 0 bridgehead atoms. The lowest BCUT2D eigenvalue weighted by atomic mass is 10.1. The molecule has 2 aromatic rings. The summed E-state index contributed by atoms with van der Waals surface area (Å²) in [5.74, 6) is 0.781. The van der Waals surface area contributed by atoms with Crippen molar-refractivity contribution >= 4 is 29.6 Å². The summed E-state index contributed by atoms with van der Waals surface area (Å²) >= 11 is 6.11. The summed E-state index contributed by atoms with van der Waals surface area (Å²) in [5.41, 5.74) is 2.04. The minimum atomic E-state index is 0.317. The van der Waals surface area contributed by atoms with Gasteiger partial charge in [-0.15, -0.1) is 0 Å². The summed E-state index contributed by atoms with van der Waals surface area (Å²) in [7, 11) is 1.73. The molecule has 2 rings (SSSR count). The highest BCUT2D eigenvalue weighted by atomic mass is 35.5. The number of halogens is 1. The Morgan fingerprint density at radius 3 is 3.00 bits per heavy atom. The number of nitrogens with one attached hydrogen (secondary N) is 4. The van der Waals surface area contributed by atoms with Gasteiger partial charge in [0.1, 0.15) is 5.02 Å². The zero-order valence-corrected chi connectivity index (χ0v) is 13.7. The number of nitriles is 1. The van der Waals surface area contributed by atoms with Gasteiger partial charge in [-0.05, 0) is 17.7 Å². The highest BCUT2D eigenvalue weighted by Gasteiger charge is 2.06. The van der Waals surface area contributed by atoms with Crippen molar-refractivity contribution in [2.24, 2.45) is 0 Å². The minimum absolute atomic E-state index is 0.317. The van der Waals surface area contributed by atoms with Gasteiger partial charge in [0.15, 0.2) is 5.82 Å². The Kier molecular flexibility index (Phi) is 6.11. The molecule has 24 heavy (non-hydrogen) atoms. The summed E-state index contributed by atoms with van der Waals surface area (Å²) in [6.07, 6.45) is 4.24. The van der Waals surface area contributed by atoms with Crippen LogP contribution in [0.5, 0.6) is 0 Å². The van der Waals surface area contributed by atoms with Crippen LogP contribution in [0.25, 0.3) is 0 Å². The molecule has 1 aromatic heterocycles. The van der Waals surface area contributed by atoms with E-state index >= 15 is 0 Å². The third kappa shape index (κ3) is 4.69. The first-order chi connectivity index (χ1) is 11.7. The highest BCUT2D eigenvalue weighted by molar-refractivity contribution is 6.32. The van der Waals surface area contributed by atoms with Crippen molar-refractivity contribution in [1.82, 2.24) is 15.3 Å². The minimum Gasteiger partial charge on any atom is -0.392 e. The second-order valence-corrected chi connectivity index (χ2v) is 5.12. The quantitative estimate of drug-likeness (QED) is 0.576. The van der Waals surface area contributed by atoms with Gasteiger partial charge in [0.05, 0.1) is 23.5 Å².